The Labute approximate surface area is 264 Å². The summed E-state index contributed by atoms with van der Waals surface area (Å²) >= 11 is 6.26. The highest BCUT2D eigenvalue weighted by molar-refractivity contribution is 6.30. The molecule has 13 heteroatoms. The van der Waals surface area contributed by atoms with Crippen LogP contribution in [0.5, 0.6) is 11.6 Å². The van der Waals surface area contributed by atoms with Crippen LogP contribution in [0.2, 0.25) is 5.02 Å². The Bertz CT molecular complexity index is 1530. The highest BCUT2D eigenvalue weighted by Gasteiger charge is 2.50. The number of halogens is 4. The number of aromatic nitrogens is 2. The molecule has 0 saturated carbocycles. The first-order chi connectivity index (χ1) is 21.3. The van der Waals surface area contributed by atoms with Crippen LogP contribution in [0.3, 0.4) is 0 Å². The fourth-order valence-electron chi connectivity index (χ4n) is 6.57. The van der Waals surface area contributed by atoms with E-state index >= 15 is 0 Å². The van der Waals surface area contributed by atoms with E-state index in [-0.39, 0.29) is 45.5 Å². The molecule has 1 aromatic heterocycles. The number of nitrogens with zero attached hydrogens (tertiary/aromatic N) is 3. The quantitative estimate of drug-likeness (QED) is 0.234. The van der Waals surface area contributed by atoms with Crippen molar-refractivity contribution < 1.29 is 32.5 Å². The van der Waals surface area contributed by atoms with Gasteiger partial charge in [-0.3, -0.25) is 4.79 Å². The molecule has 3 atom stereocenters. The number of piperidine rings is 1. The maximum absolute atomic E-state index is 14.7. The zero-order chi connectivity index (χ0) is 32.5. The van der Waals surface area contributed by atoms with E-state index in [0.29, 0.717) is 49.5 Å². The lowest BCUT2D eigenvalue weighted by molar-refractivity contribution is -0.198. The van der Waals surface area contributed by atoms with Crippen LogP contribution < -0.4 is 25.4 Å². The third-order valence-corrected chi connectivity index (χ3v) is 8.83. The highest BCUT2D eigenvalue weighted by atomic mass is 35.5. The minimum absolute atomic E-state index is 0.0638. The van der Waals surface area contributed by atoms with Crippen molar-refractivity contribution in [2.75, 3.05) is 23.7 Å². The van der Waals surface area contributed by atoms with Crippen LogP contribution in [0.25, 0.3) is 11.1 Å². The number of carboxylic acid groups (broad SMARTS) is 1. The number of ether oxygens (including phenoxy) is 2. The first-order valence-electron chi connectivity index (χ1n) is 15.0. The number of benzene rings is 2. The number of nitrogens with one attached hydrogen (secondary N) is 1. The normalized spacial score (nSPS) is 20.4. The molecule has 0 aliphatic carbocycles. The molecular weight excluding hydrogens is 611 g/mol. The van der Waals surface area contributed by atoms with E-state index < -0.39 is 24.3 Å². The van der Waals surface area contributed by atoms with Crippen molar-refractivity contribution in [2.24, 2.45) is 5.41 Å². The summed E-state index contributed by atoms with van der Waals surface area (Å²) in [6, 6.07) is 11.8. The molecule has 242 valence electrons. The van der Waals surface area contributed by atoms with Gasteiger partial charge in [0.25, 0.3) is 0 Å². The van der Waals surface area contributed by atoms with Gasteiger partial charge >= 0.3 is 12.1 Å². The first kappa shape index (κ1) is 32.6. The number of alkyl halides is 3. The third-order valence-electron chi connectivity index (χ3n) is 8.60. The molecule has 1 spiro atoms. The lowest BCUT2D eigenvalue weighted by Gasteiger charge is -2.43. The molecular formula is C32H37ClF3N5O4. The number of anilines is 2. The molecule has 5 rings (SSSR count). The molecule has 45 heavy (non-hydrogen) atoms. The third kappa shape index (κ3) is 7.22. The zero-order valence-corrected chi connectivity index (χ0v) is 26.0. The number of nitrogens with two attached hydrogens (primary N) is 1. The number of hydrogen-bond donors (Lipinski definition) is 3. The highest BCUT2D eigenvalue weighted by Crippen LogP contribution is 2.46. The Morgan fingerprint density at radius 1 is 1.16 bits per heavy atom. The fourth-order valence-corrected chi connectivity index (χ4v) is 6.74. The molecule has 1 unspecified atom stereocenters. The van der Waals surface area contributed by atoms with Crippen molar-refractivity contribution in [2.45, 2.75) is 76.9 Å². The summed E-state index contributed by atoms with van der Waals surface area (Å²) in [6.45, 7) is 6.80. The Hall–Kier alpha value is -3.77. The smallest absolute Gasteiger partial charge is 0.429 e. The summed E-state index contributed by atoms with van der Waals surface area (Å²) in [4.78, 5) is 21.9. The average molecular weight is 648 g/mol. The van der Waals surface area contributed by atoms with E-state index in [9.17, 15) is 23.1 Å². The minimum Gasteiger partial charge on any atom is -0.491 e. The van der Waals surface area contributed by atoms with Crippen molar-refractivity contribution in [1.82, 2.24) is 15.3 Å². The predicted molar refractivity (Wildman–Crippen MR) is 166 cm³/mol. The SMILES string of the molecule is CC[C@@H]1NC(C(=O)O)CC12CCN(c1cc(O[C@H](c3ccc(Cl)cc3-c3cccc(OC(C)C)c3)C(F)(F)F)nc(N)n1)CC2. The van der Waals surface area contributed by atoms with E-state index in [0.717, 1.165) is 6.42 Å². The van der Waals surface area contributed by atoms with Crippen LogP contribution >= 0.6 is 11.6 Å². The maximum Gasteiger partial charge on any atom is 0.429 e. The lowest BCUT2D eigenvalue weighted by Crippen LogP contribution is -2.46. The molecule has 3 heterocycles. The molecule has 2 saturated heterocycles. The summed E-state index contributed by atoms with van der Waals surface area (Å²) in [7, 11) is 0. The molecule has 0 bridgehead atoms. The van der Waals surface area contributed by atoms with E-state index in [1.807, 2.05) is 25.7 Å². The molecule has 9 nitrogen and oxygen atoms in total. The van der Waals surface area contributed by atoms with E-state index in [4.69, 9.17) is 26.8 Å². The zero-order valence-electron chi connectivity index (χ0n) is 25.3. The number of nitrogen functional groups attached to an aromatic ring is 1. The van der Waals surface area contributed by atoms with Gasteiger partial charge in [-0.05, 0) is 80.3 Å². The van der Waals surface area contributed by atoms with Gasteiger partial charge in [0, 0.05) is 35.8 Å². The first-order valence-corrected chi connectivity index (χ1v) is 15.3. The van der Waals surface area contributed by atoms with Gasteiger partial charge in [0.1, 0.15) is 17.6 Å². The molecule has 2 fully saturated rings. The van der Waals surface area contributed by atoms with Gasteiger partial charge in [-0.1, -0.05) is 36.7 Å². The van der Waals surface area contributed by atoms with Gasteiger partial charge in [-0.2, -0.15) is 23.1 Å². The van der Waals surface area contributed by atoms with Crippen molar-refractivity contribution in [3.63, 3.8) is 0 Å². The summed E-state index contributed by atoms with van der Waals surface area (Å²) in [6.07, 6.45) is -4.63. The second-order valence-corrected chi connectivity index (χ2v) is 12.4. The Kier molecular flexibility index (Phi) is 9.36. The van der Waals surface area contributed by atoms with Crippen LogP contribution in [0, 0.1) is 5.41 Å². The maximum atomic E-state index is 14.7. The number of rotatable bonds is 9. The second-order valence-electron chi connectivity index (χ2n) is 12.0. The Morgan fingerprint density at radius 2 is 1.89 bits per heavy atom. The van der Waals surface area contributed by atoms with Crippen molar-refractivity contribution in [3.05, 3.63) is 59.1 Å². The van der Waals surface area contributed by atoms with E-state index in [1.165, 1.54) is 24.3 Å². The van der Waals surface area contributed by atoms with Crippen molar-refractivity contribution in [1.29, 1.82) is 0 Å². The molecule has 3 aromatic rings. The van der Waals surface area contributed by atoms with Gasteiger partial charge in [0.15, 0.2) is 0 Å². The topological polar surface area (TPSA) is 123 Å². The number of hydrogen-bond acceptors (Lipinski definition) is 8. The van der Waals surface area contributed by atoms with Crippen molar-refractivity contribution >= 4 is 29.3 Å². The van der Waals surface area contributed by atoms with Gasteiger partial charge in [0.2, 0.25) is 17.9 Å². The second kappa shape index (κ2) is 12.9. The molecule has 2 aliphatic heterocycles. The molecule has 0 amide bonds. The lowest BCUT2D eigenvalue weighted by atomic mass is 9.71. The van der Waals surface area contributed by atoms with Crippen LogP contribution in [-0.2, 0) is 4.79 Å². The largest absolute Gasteiger partial charge is 0.491 e. The van der Waals surface area contributed by atoms with Crippen LogP contribution in [0.4, 0.5) is 24.9 Å². The summed E-state index contributed by atoms with van der Waals surface area (Å²) in [5.41, 5.74) is 6.35. The molecule has 2 aromatic carbocycles. The minimum atomic E-state index is -4.82. The number of aliphatic carboxylic acids is 1. The average Bonchev–Trinajstić information content (AvgIpc) is 3.33. The molecule has 0 radical (unpaired) electrons. The molecule has 4 N–H and O–H groups in total. The van der Waals surface area contributed by atoms with Crippen LogP contribution in [0.1, 0.15) is 58.1 Å². The fraction of sp³-hybridized carbons (Fsp3) is 0.469. The van der Waals surface area contributed by atoms with E-state index in [2.05, 4.69) is 15.3 Å². The molecule has 2 aliphatic rings. The standard InChI is InChI=1S/C32H37ClF3N5O4/c1-4-25-31(17-24(38-25)29(42)43)10-12-41(13-11-31)26-16-27(40-30(37)39-26)45-28(32(34,35)36)22-9-8-20(33)15-23(22)19-6-5-7-21(14-19)44-18(2)3/h5-9,14-16,18,24-25,28,38H,4,10-13,17H2,1-3H3,(H,42,43)(H2,37,39,40)/t24?,25-,28+/m0/s1. The number of carboxylic acids is 1. The Morgan fingerprint density at radius 3 is 2.53 bits per heavy atom. The summed E-state index contributed by atoms with van der Waals surface area (Å²) in [5.74, 6) is -0.558. The van der Waals surface area contributed by atoms with Crippen LogP contribution in [-0.4, -0.2) is 58.5 Å². The number of carbonyl (C=O) groups is 1. The summed E-state index contributed by atoms with van der Waals surface area (Å²) < 4.78 is 55.5. The van der Waals surface area contributed by atoms with Gasteiger partial charge in [-0.25, -0.2) is 0 Å². The van der Waals surface area contributed by atoms with Crippen molar-refractivity contribution in [3.8, 4) is 22.8 Å². The van der Waals surface area contributed by atoms with Gasteiger partial charge < -0.3 is 30.5 Å². The summed E-state index contributed by atoms with van der Waals surface area (Å²) in [5, 5.41) is 13.1. The monoisotopic (exact) mass is 647 g/mol. The van der Waals surface area contributed by atoms with Gasteiger partial charge in [0.05, 0.1) is 6.10 Å². The van der Waals surface area contributed by atoms with E-state index in [1.54, 1.807) is 24.3 Å². The van der Waals surface area contributed by atoms with Gasteiger partial charge in [-0.15, -0.1) is 0 Å². The predicted octanol–water partition coefficient (Wildman–Crippen LogP) is 6.66. The van der Waals surface area contributed by atoms with Crippen LogP contribution in [0.15, 0.2) is 48.5 Å². The Balaban J connectivity index is 1.42.